The molecule has 6 heterocycles. The van der Waals surface area contributed by atoms with Gasteiger partial charge in [-0.05, 0) is 32.6 Å². The fourth-order valence-corrected chi connectivity index (χ4v) is 6.86. The van der Waals surface area contributed by atoms with E-state index in [2.05, 4.69) is 39.2 Å². The first kappa shape index (κ1) is 20.7. The monoisotopic (exact) mass is 456 g/mol. The van der Waals surface area contributed by atoms with Crippen molar-refractivity contribution in [2.24, 2.45) is 5.73 Å². The molecule has 172 valence electrons. The third-order valence-corrected chi connectivity index (χ3v) is 8.49. The number of hydrogen-bond acceptors (Lipinski definition) is 8. The highest BCUT2D eigenvalue weighted by Crippen LogP contribution is 2.34. The molecule has 1 amide bonds. The number of carbonyl (C=O) groups excluding carboxylic acids is 1. The van der Waals surface area contributed by atoms with Crippen molar-refractivity contribution in [1.29, 1.82) is 0 Å². The number of carbonyl (C=O) groups is 1. The Labute approximate surface area is 192 Å². The van der Waals surface area contributed by atoms with Gasteiger partial charge in [0.15, 0.2) is 5.65 Å². The van der Waals surface area contributed by atoms with Crippen LogP contribution in [0.1, 0.15) is 43.0 Å². The van der Waals surface area contributed by atoms with E-state index in [-0.39, 0.29) is 24.0 Å². The van der Waals surface area contributed by atoms with Crippen LogP contribution in [0.3, 0.4) is 0 Å². The smallest absolute Gasteiger partial charge is 0.241 e. The van der Waals surface area contributed by atoms with Gasteiger partial charge in [0.25, 0.3) is 0 Å². The second-order valence-electron chi connectivity index (χ2n) is 9.59. The first-order valence-corrected chi connectivity index (χ1v) is 12.9. The van der Waals surface area contributed by atoms with E-state index in [4.69, 9.17) is 15.8 Å². The van der Waals surface area contributed by atoms with Gasteiger partial charge in [-0.1, -0.05) is 0 Å². The van der Waals surface area contributed by atoms with E-state index >= 15 is 0 Å². The van der Waals surface area contributed by atoms with Crippen LogP contribution in [0.15, 0.2) is 12.3 Å². The first-order valence-electron chi connectivity index (χ1n) is 11.9. The molecule has 0 spiro atoms. The molecular weight excluding hydrogens is 424 g/mol. The third-order valence-electron chi connectivity index (χ3n) is 7.32. The van der Waals surface area contributed by atoms with Crippen molar-refractivity contribution in [3.8, 4) is 0 Å². The number of aromatic nitrogens is 3. The number of aryl methyl sites for hydroxylation is 1. The third kappa shape index (κ3) is 3.57. The molecule has 6 rings (SSSR count). The van der Waals surface area contributed by atoms with E-state index in [1.165, 1.54) is 0 Å². The van der Waals surface area contributed by atoms with Crippen molar-refractivity contribution < 1.29 is 4.79 Å². The van der Waals surface area contributed by atoms with Gasteiger partial charge in [-0.15, -0.1) is 11.8 Å². The van der Waals surface area contributed by atoms with Crippen molar-refractivity contribution in [2.45, 2.75) is 56.2 Å². The highest BCUT2D eigenvalue weighted by molar-refractivity contribution is 8.00. The number of nitrogens with two attached hydrogens (primary N) is 1. The average Bonchev–Trinajstić information content (AvgIpc) is 3.56. The summed E-state index contributed by atoms with van der Waals surface area (Å²) >= 11 is 1.90. The number of thioether (sulfide) groups is 1. The number of fused-ring (bicyclic) bond motifs is 2. The van der Waals surface area contributed by atoms with Gasteiger partial charge in [0.1, 0.15) is 17.4 Å². The molecule has 32 heavy (non-hydrogen) atoms. The minimum atomic E-state index is -0.114. The fraction of sp³-hybridized carbons (Fsp3) is 0.682. The molecule has 4 fully saturated rings. The minimum absolute atomic E-state index is 0.0202. The second kappa shape index (κ2) is 8.16. The Kier molecular flexibility index (Phi) is 5.28. The van der Waals surface area contributed by atoms with E-state index in [9.17, 15) is 4.79 Å². The zero-order valence-corrected chi connectivity index (χ0v) is 19.4. The van der Waals surface area contributed by atoms with Crippen LogP contribution in [0.25, 0.3) is 5.65 Å². The lowest BCUT2D eigenvalue weighted by Crippen LogP contribution is -2.49. The van der Waals surface area contributed by atoms with Gasteiger partial charge < -0.3 is 15.5 Å². The standard InChI is InChI=1S/C22H32N8OS/c1-14-11-30-19(25-20(14)27-7-5-15(23)12-27)10-16(26-30)18-4-2-3-6-29(18)21(31)17-13-28-8-9-32-22(28)24-17/h10-11,15,17-18,22,24H,2-9,12-13,23H2,1H3. The van der Waals surface area contributed by atoms with Crippen LogP contribution in [0.4, 0.5) is 5.82 Å². The highest BCUT2D eigenvalue weighted by Gasteiger charge is 2.42. The largest absolute Gasteiger partial charge is 0.355 e. The molecule has 0 bridgehead atoms. The van der Waals surface area contributed by atoms with Crippen molar-refractivity contribution in [3.63, 3.8) is 0 Å². The van der Waals surface area contributed by atoms with Gasteiger partial charge in [-0.3, -0.25) is 15.0 Å². The van der Waals surface area contributed by atoms with Crippen LogP contribution < -0.4 is 16.0 Å². The van der Waals surface area contributed by atoms with Crippen LogP contribution in [0.5, 0.6) is 0 Å². The van der Waals surface area contributed by atoms with Crippen LogP contribution in [-0.4, -0.2) is 86.4 Å². The molecule has 0 aromatic carbocycles. The van der Waals surface area contributed by atoms with Crippen molar-refractivity contribution in [2.75, 3.05) is 43.4 Å². The summed E-state index contributed by atoms with van der Waals surface area (Å²) < 4.78 is 1.88. The molecule has 4 aliphatic rings. The number of rotatable bonds is 3. The SMILES string of the molecule is Cc1cn2nc(C3CCCCN3C(=O)C3CN4CCSC4N3)cc2nc1N1CCC(N)C1. The number of likely N-dealkylation sites (tertiary alicyclic amines) is 1. The average molecular weight is 457 g/mol. The molecule has 0 aliphatic carbocycles. The van der Waals surface area contributed by atoms with Crippen LogP contribution in [0.2, 0.25) is 0 Å². The molecule has 0 saturated carbocycles. The Bertz CT molecular complexity index is 1010. The number of hydrogen-bond donors (Lipinski definition) is 2. The minimum Gasteiger partial charge on any atom is -0.355 e. The van der Waals surface area contributed by atoms with Gasteiger partial charge in [0.2, 0.25) is 5.91 Å². The Morgan fingerprint density at radius 1 is 1.22 bits per heavy atom. The molecule has 2 aromatic heterocycles. The van der Waals surface area contributed by atoms with E-state index in [0.29, 0.717) is 5.50 Å². The lowest BCUT2D eigenvalue weighted by Gasteiger charge is -2.36. The quantitative estimate of drug-likeness (QED) is 0.705. The zero-order chi connectivity index (χ0) is 21.8. The number of anilines is 1. The normalized spacial score (nSPS) is 31.1. The molecule has 4 atom stereocenters. The molecule has 2 aromatic rings. The van der Waals surface area contributed by atoms with E-state index < -0.39 is 0 Å². The summed E-state index contributed by atoms with van der Waals surface area (Å²) in [6, 6.07) is 2.20. The molecule has 10 heteroatoms. The summed E-state index contributed by atoms with van der Waals surface area (Å²) in [5.41, 5.74) is 9.31. The maximum atomic E-state index is 13.5. The van der Waals surface area contributed by atoms with Crippen LogP contribution >= 0.6 is 11.8 Å². The number of amides is 1. The Hall–Kier alpha value is -1.88. The number of piperidine rings is 1. The number of nitrogens with zero attached hydrogens (tertiary/aromatic N) is 6. The summed E-state index contributed by atoms with van der Waals surface area (Å²) in [7, 11) is 0. The molecule has 9 nitrogen and oxygen atoms in total. The van der Waals surface area contributed by atoms with Gasteiger partial charge in [-0.2, -0.15) is 5.10 Å². The topological polar surface area (TPSA) is 95.0 Å². The maximum Gasteiger partial charge on any atom is 0.241 e. The van der Waals surface area contributed by atoms with Crippen molar-refractivity contribution in [3.05, 3.63) is 23.5 Å². The number of nitrogens with one attached hydrogen (secondary N) is 1. The first-order chi connectivity index (χ1) is 15.6. The van der Waals surface area contributed by atoms with Crippen LogP contribution in [0, 0.1) is 6.92 Å². The molecular formula is C22H32N8OS. The lowest BCUT2D eigenvalue weighted by molar-refractivity contribution is -0.136. The summed E-state index contributed by atoms with van der Waals surface area (Å²) in [5.74, 6) is 2.36. The predicted octanol–water partition coefficient (Wildman–Crippen LogP) is 0.933. The van der Waals surface area contributed by atoms with E-state index in [1.807, 2.05) is 16.3 Å². The summed E-state index contributed by atoms with van der Waals surface area (Å²) in [5, 5.41) is 8.42. The second-order valence-corrected chi connectivity index (χ2v) is 10.8. The molecule has 3 N–H and O–H groups in total. The fourth-order valence-electron chi connectivity index (χ4n) is 5.64. The maximum absolute atomic E-state index is 13.5. The zero-order valence-electron chi connectivity index (χ0n) is 18.6. The Morgan fingerprint density at radius 2 is 2.12 bits per heavy atom. The molecule has 4 saturated heterocycles. The summed E-state index contributed by atoms with van der Waals surface area (Å²) in [6.45, 7) is 6.56. The Morgan fingerprint density at radius 3 is 2.94 bits per heavy atom. The van der Waals surface area contributed by atoms with Gasteiger partial charge >= 0.3 is 0 Å². The molecule has 4 unspecified atom stereocenters. The van der Waals surface area contributed by atoms with Crippen LogP contribution in [-0.2, 0) is 4.79 Å². The highest BCUT2D eigenvalue weighted by atomic mass is 32.2. The van der Waals surface area contributed by atoms with Gasteiger partial charge in [0, 0.05) is 62.3 Å². The van der Waals surface area contributed by atoms with Gasteiger partial charge in [-0.25, -0.2) is 9.50 Å². The lowest BCUT2D eigenvalue weighted by atomic mass is 9.98. The van der Waals surface area contributed by atoms with Crippen molar-refractivity contribution in [1.82, 2.24) is 29.7 Å². The van der Waals surface area contributed by atoms with Crippen molar-refractivity contribution >= 4 is 29.1 Å². The van der Waals surface area contributed by atoms with Gasteiger partial charge in [0.05, 0.1) is 11.7 Å². The van der Waals surface area contributed by atoms with E-state index in [1.54, 1.807) is 0 Å². The molecule has 0 radical (unpaired) electrons. The summed E-state index contributed by atoms with van der Waals surface area (Å²) in [6.07, 6.45) is 6.19. The summed E-state index contributed by atoms with van der Waals surface area (Å²) in [4.78, 5) is 25.2. The Balaban J connectivity index is 1.26. The predicted molar refractivity (Wildman–Crippen MR) is 126 cm³/mol. The van der Waals surface area contributed by atoms with E-state index in [0.717, 1.165) is 86.9 Å². The molecule has 4 aliphatic heterocycles.